The fraction of sp³-hybridized carbons (Fsp3) is 0.474. The van der Waals surface area contributed by atoms with Gasteiger partial charge in [-0.25, -0.2) is 13.6 Å². The van der Waals surface area contributed by atoms with Crippen LogP contribution in [-0.2, 0) is 14.8 Å². The zero-order valence-electron chi connectivity index (χ0n) is 15.2. The molecule has 2 aliphatic carbocycles. The van der Waals surface area contributed by atoms with E-state index in [1.54, 1.807) is 0 Å². The van der Waals surface area contributed by atoms with E-state index < -0.39 is 15.9 Å². The number of fused-ring (bicyclic) bond motifs is 2. The minimum atomic E-state index is -3.79. The first-order valence-electron chi connectivity index (χ1n) is 9.08. The predicted octanol–water partition coefficient (Wildman–Crippen LogP) is 2.09. The van der Waals surface area contributed by atoms with E-state index in [1.165, 1.54) is 56.1 Å². The molecule has 8 heteroatoms. The molecule has 1 aromatic rings. The van der Waals surface area contributed by atoms with Gasteiger partial charge in [-0.2, -0.15) is 5.26 Å². The number of amides is 1. The van der Waals surface area contributed by atoms with Crippen LogP contribution < -0.4 is 15.8 Å². The normalized spacial score (nSPS) is 25.7. The van der Waals surface area contributed by atoms with Crippen molar-refractivity contribution in [1.29, 1.82) is 5.26 Å². The highest BCUT2D eigenvalue weighted by Gasteiger charge is 2.41. The number of primary sulfonamides is 1. The van der Waals surface area contributed by atoms with Gasteiger partial charge in [0.25, 0.3) is 5.91 Å². The van der Waals surface area contributed by atoms with Gasteiger partial charge in [0.1, 0.15) is 11.6 Å². The van der Waals surface area contributed by atoms with Gasteiger partial charge in [-0.3, -0.25) is 4.79 Å². The van der Waals surface area contributed by atoms with E-state index in [1.807, 2.05) is 6.07 Å². The van der Waals surface area contributed by atoms with Crippen molar-refractivity contribution >= 4 is 21.6 Å². The summed E-state index contributed by atoms with van der Waals surface area (Å²) in [5, 5.41) is 20.1. The predicted molar refractivity (Wildman–Crippen MR) is 102 cm³/mol. The summed E-state index contributed by atoms with van der Waals surface area (Å²) in [4.78, 5) is 12.3. The first-order chi connectivity index (χ1) is 12.8. The molecule has 2 fully saturated rings. The Labute approximate surface area is 159 Å². The number of sulfonamides is 1. The number of nitrogens with one attached hydrogen (secondary N) is 2. The summed E-state index contributed by atoms with van der Waals surface area (Å²) in [6.07, 6.45) is 6.62. The molecule has 1 aromatic carbocycles. The summed E-state index contributed by atoms with van der Waals surface area (Å²) in [6, 6.07) is 7.58. The molecule has 3 rings (SSSR count). The van der Waals surface area contributed by atoms with Crippen LogP contribution in [0.25, 0.3) is 0 Å². The van der Waals surface area contributed by atoms with Gasteiger partial charge in [0.2, 0.25) is 10.0 Å². The second-order valence-corrected chi connectivity index (χ2v) is 9.05. The van der Waals surface area contributed by atoms with Crippen LogP contribution in [0, 0.1) is 29.1 Å². The second-order valence-electron chi connectivity index (χ2n) is 7.49. The maximum Gasteiger partial charge on any atom is 0.267 e. The number of nitriles is 1. The van der Waals surface area contributed by atoms with Gasteiger partial charge in [-0.15, -0.1) is 0 Å². The number of carbonyl (C=O) groups excluding carboxylic acids is 1. The molecule has 2 saturated carbocycles. The second kappa shape index (κ2) is 7.71. The van der Waals surface area contributed by atoms with E-state index in [9.17, 15) is 18.5 Å². The van der Waals surface area contributed by atoms with E-state index in [0.717, 1.165) is 11.8 Å². The summed E-state index contributed by atoms with van der Waals surface area (Å²) in [5.41, 5.74) is 0.357. The van der Waals surface area contributed by atoms with Crippen molar-refractivity contribution in [2.24, 2.45) is 22.9 Å². The zero-order chi connectivity index (χ0) is 19.6. The van der Waals surface area contributed by atoms with Gasteiger partial charge < -0.3 is 10.6 Å². The van der Waals surface area contributed by atoms with Crippen molar-refractivity contribution in [2.45, 2.75) is 43.5 Å². The molecule has 144 valence electrons. The number of nitrogens with zero attached hydrogens (tertiary/aromatic N) is 1. The molecule has 4 N–H and O–H groups in total. The van der Waals surface area contributed by atoms with Crippen molar-refractivity contribution in [1.82, 2.24) is 5.32 Å². The quantitative estimate of drug-likeness (QED) is 0.508. The fourth-order valence-electron chi connectivity index (χ4n) is 4.32. The molecule has 27 heavy (non-hydrogen) atoms. The monoisotopic (exact) mass is 388 g/mol. The molecular formula is C19H24N4O3S. The molecule has 4 atom stereocenters. The van der Waals surface area contributed by atoms with Crippen molar-refractivity contribution in [3.63, 3.8) is 0 Å². The highest BCUT2D eigenvalue weighted by Crippen LogP contribution is 2.49. The summed E-state index contributed by atoms with van der Waals surface area (Å²) < 4.78 is 22.5. The third-order valence-electron chi connectivity index (χ3n) is 5.73. The molecule has 2 aliphatic rings. The Morgan fingerprint density at radius 1 is 1.30 bits per heavy atom. The van der Waals surface area contributed by atoms with E-state index in [-0.39, 0.29) is 16.5 Å². The standard InChI is InChI=1S/C19H24N4O3S/c1-12(18-9-13-2-3-14(18)8-13)22-11-15(10-20)19(24)23-16-4-6-17(7-5-16)27(21,25)26/h4-7,11-14,18,22H,2-3,8-9H2,1H3,(H,23,24)(H2,21,25,26)/b15-11-. The molecule has 4 unspecified atom stereocenters. The van der Waals surface area contributed by atoms with Crippen molar-refractivity contribution in [3.8, 4) is 6.07 Å². The average Bonchev–Trinajstić information content (AvgIpc) is 3.25. The topological polar surface area (TPSA) is 125 Å². The number of carbonyl (C=O) groups is 1. The number of hydrogen-bond donors (Lipinski definition) is 3. The van der Waals surface area contributed by atoms with Crippen LogP contribution >= 0.6 is 0 Å². The van der Waals surface area contributed by atoms with Gasteiger partial charge in [-0.05, 0) is 68.2 Å². The lowest BCUT2D eigenvalue weighted by Gasteiger charge is -2.28. The summed E-state index contributed by atoms with van der Waals surface area (Å²) >= 11 is 0. The minimum absolute atomic E-state index is 0.0273. The lowest BCUT2D eigenvalue weighted by molar-refractivity contribution is -0.112. The van der Waals surface area contributed by atoms with Gasteiger partial charge in [0, 0.05) is 17.9 Å². The van der Waals surface area contributed by atoms with Crippen LogP contribution in [0.4, 0.5) is 5.69 Å². The van der Waals surface area contributed by atoms with Crippen LogP contribution in [0.5, 0.6) is 0 Å². The maximum atomic E-state index is 12.3. The molecular weight excluding hydrogens is 364 g/mol. The van der Waals surface area contributed by atoms with Gasteiger partial charge in [0.05, 0.1) is 4.90 Å². The lowest BCUT2D eigenvalue weighted by Crippen LogP contribution is -2.33. The highest BCUT2D eigenvalue weighted by molar-refractivity contribution is 7.89. The first-order valence-corrected chi connectivity index (χ1v) is 10.6. The zero-order valence-corrected chi connectivity index (χ0v) is 16.0. The number of benzene rings is 1. The van der Waals surface area contributed by atoms with E-state index in [0.29, 0.717) is 11.6 Å². The van der Waals surface area contributed by atoms with Gasteiger partial charge >= 0.3 is 0 Å². The Hall–Kier alpha value is -2.37. The Morgan fingerprint density at radius 2 is 2.00 bits per heavy atom. The molecule has 0 aliphatic heterocycles. The van der Waals surface area contributed by atoms with E-state index in [2.05, 4.69) is 17.6 Å². The minimum Gasteiger partial charge on any atom is -0.387 e. The first kappa shape index (κ1) is 19.4. The summed E-state index contributed by atoms with van der Waals surface area (Å²) in [7, 11) is -3.79. The van der Waals surface area contributed by atoms with Crippen molar-refractivity contribution in [3.05, 3.63) is 36.0 Å². The molecule has 0 radical (unpaired) electrons. The van der Waals surface area contributed by atoms with Crippen LogP contribution in [0.1, 0.15) is 32.6 Å². The van der Waals surface area contributed by atoms with Gasteiger partial charge in [0.15, 0.2) is 0 Å². The Balaban J connectivity index is 1.60. The van der Waals surface area contributed by atoms with E-state index in [4.69, 9.17) is 5.14 Å². The Morgan fingerprint density at radius 3 is 2.52 bits per heavy atom. The largest absolute Gasteiger partial charge is 0.387 e. The van der Waals surface area contributed by atoms with Crippen molar-refractivity contribution < 1.29 is 13.2 Å². The van der Waals surface area contributed by atoms with Crippen LogP contribution in [0.15, 0.2) is 40.9 Å². The highest BCUT2D eigenvalue weighted by atomic mass is 32.2. The molecule has 1 amide bonds. The number of anilines is 1. The van der Waals surface area contributed by atoms with Crippen molar-refractivity contribution in [2.75, 3.05) is 5.32 Å². The maximum absolute atomic E-state index is 12.3. The smallest absolute Gasteiger partial charge is 0.267 e. The Bertz CT molecular complexity index is 887. The average molecular weight is 388 g/mol. The van der Waals surface area contributed by atoms with E-state index >= 15 is 0 Å². The summed E-state index contributed by atoms with van der Waals surface area (Å²) in [5.74, 6) is 1.64. The molecule has 7 nitrogen and oxygen atoms in total. The molecule has 0 heterocycles. The molecule has 0 saturated heterocycles. The van der Waals surface area contributed by atoms with Crippen LogP contribution in [-0.4, -0.2) is 20.4 Å². The number of rotatable bonds is 6. The summed E-state index contributed by atoms with van der Waals surface area (Å²) in [6.45, 7) is 2.10. The number of nitrogens with two attached hydrogens (primary N) is 1. The molecule has 2 bridgehead atoms. The fourth-order valence-corrected chi connectivity index (χ4v) is 4.84. The third kappa shape index (κ3) is 4.49. The SMILES string of the molecule is CC(N/C=C(/C#N)C(=O)Nc1ccc(S(N)(=O)=O)cc1)C1CC2CCC1C2. The third-order valence-corrected chi connectivity index (χ3v) is 6.66. The number of hydrogen-bond acceptors (Lipinski definition) is 5. The van der Waals surface area contributed by atoms with Crippen LogP contribution in [0.2, 0.25) is 0 Å². The molecule has 0 spiro atoms. The Kier molecular flexibility index (Phi) is 5.53. The van der Waals surface area contributed by atoms with Gasteiger partial charge in [-0.1, -0.05) is 6.42 Å². The molecule has 0 aromatic heterocycles. The lowest BCUT2D eigenvalue weighted by atomic mass is 9.84. The van der Waals surface area contributed by atoms with Crippen LogP contribution in [0.3, 0.4) is 0 Å².